The van der Waals surface area contributed by atoms with Gasteiger partial charge in [0.25, 0.3) is 0 Å². The Bertz CT molecular complexity index is 106. The highest BCUT2D eigenvalue weighted by Gasteiger charge is 2.36. The molecule has 1 heterocycles. The molecule has 1 fully saturated rings. The van der Waals surface area contributed by atoms with E-state index >= 15 is 0 Å². The monoisotopic (exact) mass is 162 g/mol. The summed E-state index contributed by atoms with van der Waals surface area (Å²) in [5, 5.41) is 0. The summed E-state index contributed by atoms with van der Waals surface area (Å²) in [6.45, 7) is 6.19. The van der Waals surface area contributed by atoms with Crippen LogP contribution in [0.25, 0.3) is 0 Å². The zero-order valence-corrected chi connectivity index (χ0v) is 7.45. The molecule has 1 rings (SSSR count). The number of hydrogen-bond acceptors (Lipinski definition) is 1. The van der Waals surface area contributed by atoms with Crippen LogP contribution in [0.1, 0.15) is 20.3 Å². The van der Waals surface area contributed by atoms with E-state index in [1.54, 1.807) is 0 Å². The lowest BCUT2D eigenvalue weighted by Crippen LogP contribution is -2.29. The number of rotatable bonds is 2. The number of halogens is 1. The summed E-state index contributed by atoms with van der Waals surface area (Å²) in [6.07, 6.45) is 1.13. The highest BCUT2D eigenvalue weighted by atomic mass is 35.5. The molecule has 1 atom stereocenters. The third kappa shape index (κ3) is 1.30. The lowest BCUT2D eigenvalue weighted by atomic mass is 9.78. The van der Waals surface area contributed by atoms with Crippen LogP contribution >= 0.6 is 11.6 Å². The maximum Gasteiger partial charge on any atom is 0.0537 e. The summed E-state index contributed by atoms with van der Waals surface area (Å²) < 4.78 is 5.33. The smallest absolute Gasteiger partial charge is 0.0537 e. The van der Waals surface area contributed by atoms with Crippen molar-refractivity contribution in [1.82, 2.24) is 0 Å². The molecule has 10 heavy (non-hydrogen) atoms. The molecule has 1 saturated heterocycles. The molecular formula is C8H15ClO. The van der Waals surface area contributed by atoms with Gasteiger partial charge in [-0.15, -0.1) is 11.6 Å². The molecule has 0 aromatic rings. The van der Waals surface area contributed by atoms with Crippen LogP contribution in [0.3, 0.4) is 0 Å². The molecule has 0 N–H and O–H groups in total. The Morgan fingerprint density at radius 3 is 2.50 bits per heavy atom. The Morgan fingerprint density at radius 1 is 1.60 bits per heavy atom. The van der Waals surface area contributed by atoms with Crippen LogP contribution in [0.15, 0.2) is 0 Å². The van der Waals surface area contributed by atoms with Gasteiger partial charge in [0.15, 0.2) is 0 Å². The van der Waals surface area contributed by atoms with Gasteiger partial charge in [-0.1, -0.05) is 13.8 Å². The predicted molar refractivity (Wildman–Crippen MR) is 43.4 cm³/mol. The molecular weight excluding hydrogens is 148 g/mol. The van der Waals surface area contributed by atoms with Crippen LogP contribution in [0, 0.1) is 11.3 Å². The van der Waals surface area contributed by atoms with Crippen molar-refractivity contribution in [2.24, 2.45) is 11.3 Å². The lowest BCUT2D eigenvalue weighted by Gasteiger charge is -2.28. The molecule has 1 unspecified atom stereocenters. The molecule has 0 amide bonds. The van der Waals surface area contributed by atoms with Crippen molar-refractivity contribution in [3.8, 4) is 0 Å². The summed E-state index contributed by atoms with van der Waals surface area (Å²) in [5.74, 6) is 1.39. The molecule has 0 aliphatic carbocycles. The van der Waals surface area contributed by atoms with Gasteiger partial charge in [-0.05, 0) is 12.3 Å². The molecule has 1 aliphatic rings. The van der Waals surface area contributed by atoms with Gasteiger partial charge in [-0.25, -0.2) is 0 Å². The SMILES string of the molecule is CC(C)C1(CCl)CCOC1. The van der Waals surface area contributed by atoms with Gasteiger partial charge in [-0.2, -0.15) is 0 Å². The summed E-state index contributed by atoms with van der Waals surface area (Å²) in [4.78, 5) is 0. The van der Waals surface area contributed by atoms with Crippen molar-refractivity contribution in [3.63, 3.8) is 0 Å². The highest BCUT2D eigenvalue weighted by molar-refractivity contribution is 6.18. The number of hydrogen-bond donors (Lipinski definition) is 0. The second-order valence-electron chi connectivity index (χ2n) is 3.45. The Hall–Kier alpha value is 0.250. The second-order valence-corrected chi connectivity index (χ2v) is 3.72. The fraction of sp³-hybridized carbons (Fsp3) is 1.00. The summed E-state index contributed by atoms with van der Waals surface area (Å²) in [5.41, 5.74) is 0.279. The summed E-state index contributed by atoms with van der Waals surface area (Å²) >= 11 is 5.88. The van der Waals surface area contributed by atoms with E-state index in [0.29, 0.717) is 5.92 Å². The quantitative estimate of drug-likeness (QED) is 0.567. The first kappa shape index (κ1) is 8.35. The highest BCUT2D eigenvalue weighted by Crippen LogP contribution is 2.37. The van der Waals surface area contributed by atoms with E-state index in [0.717, 1.165) is 25.5 Å². The van der Waals surface area contributed by atoms with E-state index in [4.69, 9.17) is 16.3 Å². The van der Waals surface area contributed by atoms with Gasteiger partial charge in [0.1, 0.15) is 0 Å². The van der Waals surface area contributed by atoms with Crippen molar-refractivity contribution in [1.29, 1.82) is 0 Å². The van der Waals surface area contributed by atoms with Gasteiger partial charge < -0.3 is 4.74 Å². The zero-order valence-electron chi connectivity index (χ0n) is 6.69. The van der Waals surface area contributed by atoms with Gasteiger partial charge in [0, 0.05) is 17.9 Å². The summed E-state index contributed by atoms with van der Waals surface area (Å²) in [7, 11) is 0. The minimum absolute atomic E-state index is 0.279. The van der Waals surface area contributed by atoms with Crippen molar-refractivity contribution in [2.45, 2.75) is 20.3 Å². The maximum atomic E-state index is 5.88. The normalized spacial score (nSPS) is 33.6. The standard InChI is InChI=1S/C8H15ClO/c1-7(2)8(5-9)3-4-10-6-8/h7H,3-6H2,1-2H3. The molecule has 0 aromatic heterocycles. The Labute approximate surface area is 67.7 Å². The van der Waals surface area contributed by atoms with E-state index < -0.39 is 0 Å². The van der Waals surface area contributed by atoms with Crippen LogP contribution in [0.5, 0.6) is 0 Å². The fourth-order valence-corrected chi connectivity index (χ4v) is 1.86. The number of alkyl halides is 1. The topological polar surface area (TPSA) is 9.23 Å². The second kappa shape index (κ2) is 3.10. The largest absolute Gasteiger partial charge is 0.381 e. The summed E-state index contributed by atoms with van der Waals surface area (Å²) in [6, 6.07) is 0. The van der Waals surface area contributed by atoms with E-state index in [2.05, 4.69) is 13.8 Å². The molecule has 1 nitrogen and oxygen atoms in total. The van der Waals surface area contributed by atoms with Gasteiger partial charge in [0.2, 0.25) is 0 Å². The zero-order chi connectivity index (χ0) is 7.61. The third-order valence-corrected chi connectivity index (χ3v) is 3.16. The Balaban J connectivity index is 2.58. The molecule has 0 bridgehead atoms. The van der Waals surface area contributed by atoms with Crippen molar-refractivity contribution >= 4 is 11.6 Å². The number of ether oxygens (including phenoxy) is 1. The van der Waals surface area contributed by atoms with E-state index in [9.17, 15) is 0 Å². The molecule has 0 radical (unpaired) electrons. The van der Waals surface area contributed by atoms with Crippen LogP contribution in [-0.4, -0.2) is 19.1 Å². The molecule has 60 valence electrons. The average Bonchev–Trinajstić information content (AvgIpc) is 2.35. The van der Waals surface area contributed by atoms with Crippen molar-refractivity contribution in [2.75, 3.05) is 19.1 Å². The minimum atomic E-state index is 0.279. The minimum Gasteiger partial charge on any atom is -0.381 e. The lowest BCUT2D eigenvalue weighted by molar-refractivity contribution is 0.135. The molecule has 2 heteroatoms. The van der Waals surface area contributed by atoms with Gasteiger partial charge in [-0.3, -0.25) is 0 Å². The third-order valence-electron chi connectivity index (χ3n) is 2.62. The maximum absolute atomic E-state index is 5.88. The first-order valence-electron chi connectivity index (χ1n) is 3.85. The van der Waals surface area contributed by atoms with Crippen LogP contribution in [0.2, 0.25) is 0 Å². The fourth-order valence-electron chi connectivity index (χ4n) is 1.34. The van der Waals surface area contributed by atoms with Crippen molar-refractivity contribution in [3.05, 3.63) is 0 Å². The molecule has 0 spiro atoms. The van der Waals surface area contributed by atoms with Crippen LogP contribution in [0.4, 0.5) is 0 Å². The van der Waals surface area contributed by atoms with Crippen molar-refractivity contribution < 1.29 is 4.74 Å². The molecule has 0 saturated carbocycles. The molecule has 0 aromatic carbocycles. The Kier molecular flexibility index (Phi) is 2.59. The van der Waals surface area contributed by atoms with Gasteiger partial charge >= 0.3 is 0 Å². The van der Waals surface area contributed by atoms with E-state index in [1.165, 1.54) is 0 Å². The van der Waals surface area contributed by atoms with Crippen LogP contribution in [-0.2, 0) is 4.74 Å². The van der Waals surface area contributed by atoms with Crippen LogP contribution < -0.4 is 0 Å². The van der Waals surface area contributed by atoms with Gasteiger partial charge in [0.05, 0.1) is 6.61 Å². The van der Waals surface area contributed by atoms with E-state index in [-0.39, 0.29) is 5.41 Å². The van der Waals surface area contributed by atoms with E-state index in [1.807, 2.05) is 0 Å². The predicted octanol–water partition coefficient (Wildman–Crippen LogP) is 2.29. The average molecular weight is 163 g/mol. The first-order chi connectivity index (χ1) is 4.71. The first-order valence-corrected chi connectivity index (χ1v) is 4.38. The molecule has 1 aliphatic heterocycles. The Morgan fingerprint density at radius 2 is 2.30 bits per heavy atom.